The summed E-state index contributed by atoms with van der Waals surface area (Å²) in [6, 6.07) is 17.8. The fraction of sp³-hybridized carbons (Fsp3) is 0.259. The van der Waals surface area contributed by atoms with Gasteiger partial charge in [0.1, 0.15) is 29.5 Å². The lowest BCUT2D eigenvalue weighted by molar-refractivity contribution is -0.126. The number of hydrogen-bond donors (Lipinski definition) is 2. The van der Waals surface area contributed by atoms with Crippen molar-refractivity contribution in [3.05, 3.63) is 83.7 Å². The number of carbonyl (C=O) groups excluding carboxylic acids is 3. The van der Waals surface area contributed by atoms with Gasteiger partial charge in [-0.1, -0.05) is 30.3 Å². The molecule has 0 spiro atoms. The van der Waals surface area contributed by atoms with E-state index in [-0.39, 0.29) is 36.8 Å². The summed E-state index contributed by atoms with van der Waals surface area (Å²) in [5.41, 5.74) is 1.70. The number of nitrogens with zero attached hydrogens (tertiary/aromatic N) is 1. The number of hydrogen-bond acceptors (Lipinski definition) is 6. The molecule has 1 atom stereocenters. The average molecular weight is 472 g/mol. The third-order valence-corrected chi connectivity index (χ3v) is 5.94. The number of Topliss-reactive ketones (excluding diaryl/α,β-unsaturated/α-hetero) is 1. The molecule has 2 N–H and O–H groups in total. The van der Waals surface area contributed by atoms with Crippen molar-refractivity contribution in [3.63, 3.8) is 0 Å². The van der Waals surface area contributed by atoms with Gasteiger partial charge < -0.3 is 20.1 Å². The van der Waals surface area contributed by atoms with E-state index in [0.717, 1.165) is 18.4 Å². The highest BCUT2D eigenvalue weighted by atomic mass is 16.5. The minimum atomic E-state index is -0.417. The van der Waals surface area contributed by atoms with Crippen LogP contribution in [0.2, 0.25) is 0 Å². The molecule has 0 radical (unpaired) electrons. The Hall–Kier alpha value is -4.20. The molecule has 0 saturated heterocycles. The SMILES string of the molecule is O=C(CNC(=O)C1COc2ccc(Oc3ccnc(C(=O)NC4CC4)c3)cc2C1)c1ccccc1. The van der Waals surface area contributed by atoms with Gasteiger partial charge in [-0.2, -0.15) is 0 Å². The van der Waals surface area contributed by atoms with Crippen LogP contribution < -0.4 is 20.1 Å². The first-order chi connectivity index (χ1) is 17.0. The van der Waals surface area contributed by atoms with E-state index < -0.39 is 5.92 Å². The van der Waals surface area contributed by atoms with Crippen LogP contribution >= 0.6 is 0 Å². The number of aromatic nitrogens is 1. The van der Waals surface area contributed by atoms with Gasteiger partial charge in [-0.15, -0.1) is 0 Å². The monoisotopic (exact) mass is 471 g/mol. The molecular formula is C27H25N3O5. The number of ether oxygens (including phenoxy) is 2. The summed E-state index contributed by atoms with van der Waals surface area (Å²) in [5, 5.41) is 5.64. The Labute approximate surface area is 202 Å². The van der Waals surface area contributed by atoms with Gasteiger partial charge in [0.25, 0.3) is 5.91 Å². The van der Waals surface area contributed by atoms with Crippen LogP contribution in [-0.2, 0) is 11.2 Å². The molecule has 1 saturated carbocycles. The summed E-state index contributed by atoms with van der Waals surface area (Å²) >= 11 is 0. The van der Waals surface area contributed by atoms with Crippen molar-refractivity contribution in [2.24, 2.45) is 5.92 Å². The van der Waals surface area contributed by atoms with Gasteiger partial charge in [0.2, 0.25) is 5.91 Å². The molecule has 3 aromatic rings. The Kier molecular flexibility index (Phi) is 6.43. The van der Waals surface area contributed by atoms with Gasteiger partial charge in [0, 0.05) is 23.9 Å². The summed E-state index contributed by atoms with van der Waals surface area (Å²) in [4.78, 5) is 41.4. The second-order valence-corrected chi connectivity index (χ2v) is 8.72. The Morgan fingerprint density at radius 2 is 1.80 bits per heavy atom. The molecule has 8 nitrogen and oxygen atoms in total. The first-order valence-electron chi connectivity index (χ1n) is 11.6. The Morgan fingerprint density at radius 1 is 1.00 bits per heavy atom. The number of nitrogens with one attached hydrogen (secondary N) is 2. The number of carbonyl (C=O) groups is 3. The van der Waals surface area contributed by atoms with E-state index in [1.807, 2.05) is 12.1 Å². The lowest BCUT2D eigenvalue weighted by atomic mass is 9.95. The number of rotatable bonds is 8. The highest BCUT2D eigenvalue weighted by molar-refractivity contribution is 5.99. The first kappa shape index (κ1) is 22.6. The highest BCUT2D eigenvalue weighted by Gasteiger charge is 2.27. The number of amides is 2. The van der Waals surface area contributed by atoms with Crippen LogP contribution in [0.15, 0.2) is 66.9 Å². The van der Waals surface area contributed by atoms with Crippen LogP contribution in [-0.4, -0.2) is 41.8 Å². The van der Waals surface area contributed by atoms with Crippen molar-refractivity contribution in [2.45, 2.75) is 25.3 Å². The zero-order chi connectivity index (χ0) is 24.2. The molecule has 2 aliphatic rings. The smallest absolute Gasteiger partial charge is 0.270 e. The van der Waals surface area contributed by atoms with Gasteiger partial charge in [-0.3, -0.25) is 19.4 Å². The number of benzene rings is 2. The van der Waals surface area contributed by atoms with Gasteiger partial charge in [0.05, 0.1) is 12.5 Å². The Morgan fingerprint density at radius 3 is 2.60 bits per heavy atom. The van der Waals surface area contributed by atoms with E-state index in [1.54, 1.807) is 48.5 Å². The maximum Gasteiger partial charge on any atom is 0.270 e. The summed E-state index contributed by atoms with van der Waals surface area (Å²) in [6.07, 6.45) is 4.00. The van der Waals surface area contributed by atoms with Crippen LogP contribution in [0.1, 0.15) is 39.3 Å². The average Bonchev–Trinajstić information content (AvgIpc) is 3.71. The molecular weight excluding hydrogens is 446 g/mol. The summed E-state index contributed by atoms with van der Waals surface area (Å²) in [6.45, 7) is 0.177. The fourth-order valence-corrected chi connectivity index (χ4v) is 3.86. The molecule has 2 aromatic carbocycles. The van der Waals surface area contributed by atoms with Crippen LogP contribution in [0.25, 0.3) is 0 Å². The molecule has 0 bridgehead atoms. The van der Waals surface area contributed by atoms with Crippen LogP contribution in [0.5, 0.6) is 17.2 Å². The minimum absolute atomic E-state index is 0.0615. The molecule has 178 valence electrons. The van der Waals surface area contributed by atoms with E-state index in [9.17, 15) is 14.4 Å². The van der Waals surface area contributed by atoms with E-state index >= 15 is 0 Å². The van der Waals surface area contributed by atoms with E-state index in [1.165, 1.54) is 6.20 Å². The second kappa shape index (κ2) is 9.97. The van der Waals surface area contributed by atoms with Gasteiger partial charge in [0.15, 0.2) is 5.78 Å². The van der Waals surface area contributed by atoms with Crippen molar-refractivity contribution in [3.8, 4) is 17.2 Å². The predicted molar refractivity (Wildman–Crippen MR) is 128 cm³/mol. The summed E-state index contributed by atoms with van der Waals surface area (Å²) in [7, 11) is 0. The molecule has 1 aromatic heterocycles. The summed E-state index contributed by atoms with van der Waals surface area (Å²) < 4.78 is 11.7. The highest BCUT2D eigenvalue weighted by Crippen LogP contribution is 2.33. The molecule has 35 heavy (non-hydrogen) atoms. The minimum Gasteiger partial charge on any atom is -0.492 e. The van der Waals surface area contributed by atoms with Crippen LogP contribution in [0.4, 0.5) is 0 Å². The molecule has 5 rings (SSSR count). The lowest BCUT2D eigenvalue weighted by Gasteiger charge is -2.25. The number of pyridine rings is 1. The first-order valence-corrected chi connectivity index (χ1v) is 11.6. The maximum atomic E-state index is 12.7. The fourth-order valence-electron chi connectivity index (χ4n) is 3.86. The number of ketones is 1. The normalized spacial score (nSPS) is 16.4. The van der Waals surface area contributed by atoms with E-state index in [2.05, 4.69) is 15.6 Å². The standard InChI is InChI=1S/C27H25N3O5/c31-24(17-4-2-1-3-5-17)15-29-26(32)19-12-18-13-21(8-9-25(18)34-16-19)35-22-10-11-28-23(14-22)27(33)30-20-6-7-20/h1-5,8-11,13-14,19-20H,6-7,12,15-16H2,(H,29,32)(H,30,33). The third kappa shape index (κ3) is 5.66. The lowest BCUT2D eigenvalue weighted by Crippen LogP contribution is -2.39. The van der Waals surface area contributed by atoms with Gasteiger partial charge in [-0.25, -0.2) is 0 Å². The molecule has 1 aliphatic heterocycles. The van der Waals surface area contributed by atoms with Gasteiger partial charge >= 0.3 is 0 Å². The quantitative estimate of drug-likeness (QED) is 0.488. The van der Waals surface area contributed by atoms with Crippen LogP contribution in [0.3, 0.4) is 0 Å². The molecule has 8 heteroatoms. The molecule has 2 amide bonds. The third-order valence-electron chi connectivity index (χ3n) is 5.94. The number of fused-ring (bicyclic) bond motifs is 1. The van der Waals surface area contributed by atoms with Gasteiger partial charge in [-0.05, 0) is 49.1 Å². The maximum absolute atomic E-state index is 12.7. The zero-order valence-electron chi connectivity index (χ0n) is 19.0. The van der Waals surface area contributed by atoms with Crippen molar-refractivity contribution in [1.82, 2.24) is 15.6 Å². The molecule has 1 unspecified atom stereocenters. The van der Waals surface area contributed by atoms with Crippen molar-refractivity contribution < 1.29 is 23.9 Å². The Bertz CT molecular complexity index is 1260. The topological polar surface area (TPSA) is 107 Å². The second-order valence-electron chi connectivity index (χ2n) is 8.72. The molecule has 1 aliphatic carbocycles. The van der Waals surface area contributed by atoms with Crippen molar-refractivity contribution >= 4 is 17.6 Å². The molecule has 2 heterocycles. The van der Waals surface area contributed by atoms with Crippen LogP contribution in [0, 0.1) is 5.92 Å². The molecule has 1 fully saturated rings. The van der Waals surface area contributed by atoms with Crippen molar-refractivity contribution in [2.75, 3.05) is 13.2 Å². The predicted octanol–water partition coefficient (Wildman–Crippen LogP) is 3.32. The van der Waals surface area contributed by atoms with E-state index in [0.29, 0.717) is 34.9 Å². The Balaban J connectivity index is 1.20. The van der Waals surface area contributed by atoms with Crippen molar-refractivity contribution in [1.29, 1.82) is 0 Å². The largest absolute Gasteiger partial charge is 0.492 e. The zero-order valence-corrected chi connectivity index (χ0v) is 19.0. The van der Waals surface area contributed by atoms with E-state index in [4.69, 9.17) is 9.47 Å². The summed E-state index contributed by atoms with van der Waals surface area (Å²) in [5.74, 6) is 0.747.